The van der Waals surface area contributed by atoms with E-state index < -0.39 is 32.9 Å². The molecule has 21 heavy (non-hydrogen) atoms. The Morgan fingerprint density at radius 1 is 1.48 bits per heavy atom. The Morgan fingerprint density at radius 2 is 2.14 bits per heavy atom. The summed E-state index contributed by atoms with van der Waals surface area (Å²) < 4.78 is 46.7. The zero-order chi connectivity index (χ0) is 15.8. The molecule has 0 spiro atoms. The van der Waals surface area contributed by atoms with E-state index in [1.165, 1.54) is 16.4 Å². The zero-order valence-corrected chi connectivity index (χ0v) is 14.2. The molecule has 0 amide bonds. The number of hydrogen-bond donors (Lipinski definition) is 1. The molecule has 2 rings (SSSR count). The van der Waals surface area contributed by atoms with Gasteiger partial charge >= 0.3 is 0 Å². The van der Waals surface area contributed by atoms with E-state index in [4.69, 9.17) is 9.84 Å². The highest BCUT2D eigenvalue weighted by Crippen LogP contribution is 2.29. The zero-order valence-electron chi connectivity index (χ0n) is 11.8. The number of benzene rings is 1. The molecule has 0 unspecified atom stereocenters. The van der Waals surface area contributed by atoms with Gasteiger partial charge in [0.1, 0.15) is 10.7 Å². The number of aliphatic hydroxyl groups excluding tert-OH is 1. The molecule has 1 aromatic rings. The fraction of sp³-hybridized carbons (Fsp3) is 0.538. The Bertz CT molecular complexity index is 648. The van der Waals surface area contributed by atoms with Gasteiger partial charge in [-0.05, 0) is 26.0 Å². The molecule has 118 valence electrons. The van der Waals surface area contributed by atoms with Crippen LogP contribution in [0.15, 0.2) is 21.5 Å². The second kappa shape index (κ2) is 5.92. The SMILES string of the molecule is CC1(C)CN(S(=O)(=O)c2cc(Br)cc(CO)c2F)CCO1. The highest BCUT2D eigenvalue weighted by atomic mass is 79.9. The normalized spacial score (nSPS) is 19.7. The van der Waals surface area contributed by atoms with Crippen molar-refractivity contribution >= 4 is 26.0 Å². The first-order valence-corrected chi connectivity index (χ1v) is 8.63. The maximum atomic E-state index is 14.3. The molecule has 0 aliphatic carbocycles. The molecule has 1 aliphatic rings. The second-order valence-electron chi connectivity index (χ2n) is 5.48. The van der Waals surface area contributed by atoms with Crippen LogP contribution in [-0.4, -0.2) is 43.1 Å². The van der Waals surface area contributed by atoms with Gasteiger partial charge in [0.2, 0.25) is 10.0 Å². The average molecular weight is 382 g/mol. The van der Waals surface area contributed by atoms with E-state index in [1.54, 1.807) is 13.8 Å². The van der Waals surface area contributed by atoms with Crippen molar-refractivity contribution in [1.29, 1.82) is 0 Å². The van der Waals surface area contributed by atoms with E-state index in [0.29, 0.717) is 4.47 Å². The lowest BCUT2D eigenvalue weighted by Crippen LogP contribution is -2.50. The summed E-state index contributed by atoms with van der Waals surface area (Å²) in [5.41, 5.74) is -0.677. The first kappa shape index (κ1) is 16.8. The first-order chi connectivity index (χ1) is 9.67. The maximum Gasteiger partial charge on any atom is 0.246 e. The van der Waals surface area contributed by atoms with Crippen LogP contribution in [0.5, 0.6) is 0 Å². The third kappa shape index (κ3) is 3.45. The van der Waals surface area contributed by atoms with E-state index in [2.05, 4.69) is 15.9 Å². The fourth-order valence-corrected chi connectivity index (χ4v) is 4.60. The molecule has 1 N–H and O–H groups in total. The van der Waals surface area contributed by atoms with Gasteiger partial charge in [-0.2, -0.15) is 4.31 Å². The number of halogens is 2. The topological polar surface area (TPSA) is 66.8 Å². The molecule has 1 aliphatic heterocycles. The van der Waals surface area contributed by atoms with Crippen LogP contribution in [-0.2, 0) is 21.4 Å². The van der Waals surface area contributed by atoms with Crippen LogP contribution in [0, 0.1) is 5.82 Å². The van der Waals surface area contributed by atoms with Crippen molar-refractivity contribution in [2.24, 2.45) is 0 Å². The van der Waals surface area contributed by atoms with Crippen LogP contribution >= 0.6 is 15.9 Å². The number of ether oxygens (including phenoxy) is 1. The molecule has 1 fully saturated rings. The van der Waals surface area contributed by atoms with Gasteiger partial charge in [0.05, 0.1) is 18.8 Å². The molecule has 0 bridgehead atoms. The minimum absolute atomic E-state index is 0.0598. The van der Waals surface area contributed by atoms with Crippen LogP contribution in [0.25, 0.3) is 0 Å². The lowest BCUT2D eigenvalue weighted by atomic mass is 10.1. The number of aliphatic hydroxyl groups is 1. The molecule has 5 nitrogen and oxygen atoms in total. The molecule has 1 saturated heterocycles. The summed E-state index contributed by atoms with van der Waals surface area (Å²) in [4.78, 5) is -0.432. The Hall–Kier alpha value is -0.540. The van der Waals surface area contributed by atoms with Crippen molar-refractivity contribution < 1.29 is 22.7 Å². The van der Waals surface area contributed by atoms with E-state index in [0.717, 1.165) is 0 Å². The van der Waals surface area contributed by atoms with Crippen LogP contribution in [0.4, 0.5) is 4.39 Å². The van der Waals surface area contributed by atoms with Crippen molar-refractivity contribution in [2.45, 2.75) is 31.0 Å². The van der Waals surface area contributed by atoms with Crippen LogP contribution in [0.3, 0.4) is 0 Å². The van der Waals surface area contributed by atoms with Gasteiger partial charge in [0.15, 0.2) is 0 Å². The largest absolute Gasteiger partial charge is 0.392 e. The molecule has 1 aromatic carbocycles. The van der Waals surface area contributed by atoms with Crippen LogP contribution in [0.2, 0.25) is 0 Å². The molecule has 1 heterocycles. The van der Waals surface area contributed by atoms with Gasteiger partial charge in [-0.15, -0.1) is 0 Å². The summed E-state index contributed by atoms with van der Waals surface area (Å²) in [6.07, 6.45) is 0. The van der Waals surface area contributed by atoms with E-state index >= 15 is 0 Å². The van der Waals surface area contributed by atoms with Crippen molar-refractivity contribution in [3.63, 3.8) is 0 Å². The lowest BCUT2D eigenvalue weighted by Gasteiger charge is -2.37. The predicted octanol–water partition coefficient (Wildman–Crippen LogP) is 1.88. The summed E-state index contributed by atoms with van der Waals surface area (Å²) in [6.45, 7) is 3.58. The van der Waals surface area contributed by atoms with Gasteiger partial charge in [0, 0.05) is 23.1 Å². The number of morpholine rings is 1. The van der Waals surface area contributed by atoms with Gasteiger partial charge in [0.25, 0.3) is 0 Å². The van der Waals surface area contributed by atoms with Gasteiger partial charge < -0.3 is 9.84 Å². The second-order valence-corrected chi connectivity index (χ2v) is 8.30. The minimum Gasteiger partial charge on any atom is -0.392 e. The third-order valence-electron chi connectivity index (χ3n) is 3.26. The molecule has 0 atom stereocenters. The van der Waals surface area contributed by atoms with Gasteiger partial charge in [-0.1, -0.05) is 15.9 Å². The molecular formula is C13H17BrFNO4S. The molecule has 0 saturated carbocycles. The fourth-order valence-electron chi connectivity index (χ4n) is 2.24. The smallest absolute Gasteiger partial charge is 0.246 e. The van der Waals surface area contributed by atoms with E-state index in [-0.39, 0.29) is 25.3 Å². The molecular weight excluding hydrogens is 365 g/mol. The lowest BCUT2D eigenvalue weighted by molar-refractivity contribution is -0.0640. The number of rotatable bonds is 3. The molecule has 0 radical (unpaired) electrons. The Balaban J connectivity index is 2.47. The van der Waals surface area contributed by atoms with Crippen molar-refractivity contribution in [2.75, 3.05) is 19.7 Å². The van der Waals surface area contributed by atoms with Crippen molar-refractivity contribution in [1.82, 2.24) is 4.31 Å². The summed E-state index contributed by atoms with van der Waals surface area (Å²) >= 11 is 3.14. The standard InChI is InChI=1S/C13H17BrFNO4S/c1-13(2)8-16(3-4-20-13)21(18,19)11-6-10(14)5-9(7-17)12(11)15/h5-6,17H,3-4,7-8H2,1-2H3. The molecule has 0 aromatic heterocycles. The average Bonchev–Trinajstić information content (AvgIpc) is 2.39. The minimum atomic E-state index is -3.98. The Labute approximate surface area is 131 Å². The predicted molar refractivity (Wildman–Crippen MR) is 78.8 cm³/mol. The van der Waals surface area contributed by atoms with Gasteiger partial charge in [-0.25, -0.2) is 12.8 Å². The van der Waals surface area contributed by atoms with E-state index in [9.17, 15) is 12.8 Å². The highest BCUT2D eigenvalue weighted by Gasteiger charge is 2.36. The third-order valence-corrected chi connectivity index (χ3v) is 5.56. The van der Waals surface area contributed by atoms with E-state index in [1.807, 2.05) is 0 Å². The number of hydrogen-bond acceptors (Lipinski definition) is 4. The summed E-state index contributed by atoms with van der Waals surface area (Å²) in [6, 6.07) is 2.57. The Morgan fingerprint density at radius 3 is 2.71 bits per heavy atom. The monoisotopic (exact) mass is 381 g/mol. The van der Waals surface area contributed by atoms with Crippen LogP contribution in [0.1, 0.15) is 19.4 Å². The highest BCUT2D eigenvalue weighted by molar-refractivity contribution is 9.10. The van der Waals surface area contributed by atoms with Gasteiger partial charge in [-0.3, -0.25) is 0 Å². The molecule has 8 heteroatoms. The maximum absolute atomic E-state index is 14.3. The first-order valence-electron chi connectivity index (χ1n) is 6.40. The number of sulfonamides is 1. The number of nitrogens with zero attached hydrogens (tertiary/aromatic N) is 1. The van der Waals surface area contributed by atoms with Crippen molar-refractivity contribution in [3.8, 4) is 0 Å². The van der Waals surface area contributed by atoms with Crippen LogP contribution < -0.4 is 0 Å². The quantitative estimate of drug-likeness (QED) is 0.867. The summed E-state index contributed by atoms with van der Waals surface area (Å²) in [7, 11) is -3.98. The summed E-state index contributed by atoms with van der Waals surface area (Å²) in [5, 5.41) is 9.14. The summed E-state index contributed by atoms with van der Waals surface area (Å²) in [5.74, 6) is -0.912. The van der Waals surface area contributed by atoms with Crippen molar-refractivity contribution in [3.05, 3.63) is 28.0 Å². The Kier molecular flexibility index (Phi) is 4.75.